The van der Waals surface area contributed by atoms with Crippen LogP contribution in [0.4, 0.5) is 0 Å². The molecule has 0 unspecified atom stereocenters. The largest absolute Gasteiger partial charge is 0.463 e. The van der Waals surface area contributed by atoms with Gasteiger partial charge < -0.3 is 10.1 Å². The molecule has 1 amide bonds. The van der Waals surface area contributed by atoms with Gasteiger partial charge in [0.05, 0.1) is 6.61 Å². The van der Waals surface area contributed by atoms with E-state index in [-0.39, 0.29) is 5.91 Å². The third-order valence-corrected chi connectivity index (χ3v) is 3.98. The molecule has 0 aliphatic rings. The van der Waals surface area contributed by atoms with E-state index in [0.717, 1.165) is 31.3 Å². The number of amides is 1. The number of nitrogens with zero attached hydrogens (tertiary/aromatic N) is 2. The number of rotatable bonds is 13. The van der Waals surface area contributed by atoms with Crippen LogP contribution in [-0.4, -0.2) is 29.0 Å². The number of hydrogen-bond donors (Lipinski definition) is 1. The van der Waals surface area contributed by atoms with Crippen LogP contribution in [0, 0.1) is 5.92 Å². The van der Waals surface area contributed by atoms with Crippen LogP contribution in [0.15, 0.2) is 36.1 Å². The zero-order valence-electron chi connectivity index (χ0n) is 16.7. The highest BCUT2D eigenvalue weighted by Crippen LogP contribution is 2.10. The molecule has 0 fully saturated rings. The van der Waals surface area contributed by atoms with Crippen molar-refractivity contribution < 1.29 is 9.53 Å². The first-order valence-corrected chi connectivity index (χ1v) is 10.1. The summed E-state index contributed by atoms with van der Waals surface area (Å²) < 4.78 is 5.46. The molecular weight excluding hydrogens is 362 g/mol. The lowest BCUT2D eigenvalue weighted by Crippen LogP contribution is -2.25. The second-order valence-electron chi connectivity index (χ2n) is 7.00. The van der Waals surface area contributed by atoms with Gasteiger partial charge in [0.25, 0.3) is 0 Å². The number of aromatic nitrogens is 2. The highest BCUT2D eigenvalue weighted by molar-refractivity contribution is 6.29. The molecule has 0 aliphatic carbocycles. The van der Waals surface area contributed by atoms with E-state index in [1.165, 1.54) is 12.8 Å². The molecule has 0 aliphatic heterocycles. The van der Waals surface area contributed by atoms with Gasteiger partial charge in [-0.05, 0) is 43.7 Å². The fourth-order valence-electron chi connectivity index (χ4n) is 2.33. The predicted molar refractivity (Wildman–Crippen MR) is 111 cm³/mol. The van der Waals surface area contributed by atoms with Gasteiger partial charge in [0, 0.05) is 18.8 Å². The van der Waals surface area contributed by atoms with E-state index in [1.807, 2.05) is 13.0 Å². The smallest absolute Gasteiger partial charge is 0.317 e. The summed E-state index contributed by atoms with van der Waals surface area (Å²) in [7, 11) is 0. The number of unbranched alkanes of at least 4 members (excludes halogenated alkanes) is 5. The first-order chi connectivity index (χ1) is 13.0. The van der Waals surface area contributed by atoms with Crippen LogP contribution in [0.5, 0.6) is 6.01 Å². The van der Waals surface area contributed by atoms with Crippen molar-refractivity contribution in [3.8, 4) is 6.01 Å². The second kappa shape index (κ2) is 14.2. The Bertz CT molecular complexity index is 615. The zero-order valence-corrected chi connectivity index (χ0v) is 17.5. The molecule has 0 radical (unpaired) electrons. The summed E-state index contributed by atoms with van der Waals surface area (Å²) in [6, 6.07) is 1.97. The molecule has 1 heterocycles. The van der Waals surface area contributed by atoms with E-state index in [1.54, 1.807) is 18.3 Å². The summed E-state index contributed by atoms with van der Waals surface area (Å²) in [4.78, 5) is 19.7. The molecule has 150 valence electrons. The molecule has 1 aromatic heterocycles. The van der Waals surface area contributed by atoms with E-state index >= 15 is 0 Å². The third kappa shape index (κ3) is 13.0. The Morgan fingerprint density at radius 2 is 2.00 bits per heavy atom. The Kier molecular flexibility index (Phi) is 12.2. The Hall–Kier alpha value is -1.88. The normalized spacial score (nSPS) is 12.0. The molecule has 1 rings (SSSR count). The minimum Gasteiger partial charge on any atom is -0.463 e. The molecule has 0 saturated heterocycles. The van der Waals surface area contributed by atoms with E-state index in [9.17, 15) is 4.79 Å². The minimum atomic E-state index is -0.0174. The molecular formula is C21H32ClN3O2. The lowest BCUT2D eigenvalue weighted by molar-refractivity contribution is -0.116. The van der Waals surface area contributed by atoms with E-state index in [2.05, 4.69) is 35.2 Å². The number of carbonyl (C=O) groups is 1. The number of halogens is 1. The monoisotopic (exact) mass is 393 g/mol. The Morgan fingerprint density at radius 3 is 2.74 bits per heavy atom. The Labute approximate surface area is 168 Å². The quantitative estimate of drug-likeness (QED) is 0.218. The predicted octanol–water partition coefficient (Wildman–Crippen LogP) is 5.12. The SMILES string of the molecule is CC(/C=C/CCCCCCCOc1nccc(Cl)n1)=C\C(=O)NCC(C)C. The molecule has 1 aromatic rings. The number of nitrogens with one attached hydrogen (secondary N) is 1. The van der Waals surface area contributed by atoms with Gasteiger partial charge in [0.1, 0.15) is 5.15 Å². The zero-order chi connectivity index (χ0) is 19.9. The lowest BCUT2D eigenvalue weighted by Gasteiger charge is -2.05. The second-order valence-corrected chi connectivity index (χ2v) is 7.38. The van der Waals surface area contributed by atoms with Crippen LogP contribution in [0.1, 0.15) is 59.3 Å². The van der Waals surface area contributed by atoms with Crippen molar-refractivity contribution in [2.45, 2.75) is 59.3 Å². The van der Waals surface area contributed by atoms with Crippen molar-refractivity contribution >= 4 is 17.5 Å². The number of ether oxygens (including phenoxy) is 1. The molecule has 0 atom stereocenters. The van der Waals surface area contributed by atoms with E-state index in [4.69, 9.17) is 16.3 Å². The van der Waals surface area contributed by atoms with Crippen molar-refractivity contribution in [2.24, 2.45) is 5.92 Å². The number of allylic oxidation sites excluding steroid dienone is 3. The van der Waals surface area contributed by atoms with Gasteiger partial charge >= 0.3 is 6.01 Å². The number of hydrogen-bond acceptors (Lipinski definition) is 4. The maximum atomic E-state index is 11.7. The van der Waals surface area contributed by atoms with Crippen molar-refractivity contribution in [1.82, 2.24) is 15.3 Å². The van der Waals surface area contributed by atoms with Gasteiger partial charge in [-0.25, -0.2) is 4.98 Å². The summed E-state index contributed by atoms with van der Waals surface area (Å²) in [5.74, 6) is 0.450. The van der Waals surface area contributed by atoms with Gasteiger partial charge in [0.15, 0.2) is 0 Å². The van der Waals surface area contributed by atoms with Gasteiger partial charge in [-0.1, -0.05) is 56.9 Å². The maximum Gasteiger partial charge on any atom is 0.317 e. The Balaban J connectivity index is 2.01. The lowest BCUT2D eigenvalue weighted by atomic mass is 10.1. The molecule has 0 spiro atoms. The summed E-state index contributed by atoms with van der Waals surface area (Å²) in [5.41, 5.74) is 0.983. The summed E-state index contributed by atoms with van der Waals surface area (Å²) in [6.07, 6.45) is 14.1. The van der Waals surface area contributed by atoms with E-state index < -0.39 is 0 Å². The topological polar surface area (TPSA) is 64.1 Å². The van der Waals surface area contributed by atoms with Gasteiger partial charge in [-0.3, -0.25) is 4.79 Å². The van der Waals surface area contributed by atoms with Crippen LogP contribution >= 0.6 is 11.6 Å². The van der Waals surface area contributed by atoms with Crippen LogP contribution in [-0.2, 0) is 4.79 Å². The molecule has 6 heteroatoms. The standard InChI is InChI=1S/C21H32ClN3O2/c1-17(2)16-24-20(26)15-18(3)11-9-7-5-4-6-8-10-14-27-21-23-13-12-19(22)25-21/h9,11-13,15,17H,4-8,10,14,16H2,1-3H3,(H,24,26)/b11-9+,18-15+. The van der Waals surface area contributed by atoms with Crippen molar-refractivity contribution in [3.63, 3.8) is 0 Å². The van der Waals surface area contributed by atoms with Gasteiger partial charge in [0.2, 0.25) is 5.91 Å². The first-order valence-electron chi connectivity index (χ1n) is 9.71. The average Bonchev–Trinajstić information content (AvgIpc) is 2.61. The molecule has 5 nitrogen and oxygen atoms in total. The van der Waals surface area contributed by atoms with Crippen molar-refractivity contribution in [3.05, 3.63) is 41.2 Å². The number of carbonyl (C=O) groups excluding carboxylic acids is 1. The van der Waals surface area contributed by atoms with Gasteiger partial charge in [-0.2, -0.15) is 4.98 Å². The first kappa shape index (κ1) is 23.2. The molecule has 0 aromatic carbocycles. The van der Waals surface area contributed by atoms with Crippen molar-refractivity contribution in [1.29, 1.82) is 0 Å². The van der Waals surface area contributed by atoms with Crippen LogP contribution in [0.3, 0.4) is 0 Å². The minimum absolute atomic E-state index is 0.0174. The third-order valence-electron chi connectivity index (χ3n) is 3.77. The summed E-state index contributed by atoms with van der Waals surface area (Å²) >= 11 is 5.78. The van der Waals surface area contributed by atoms with E-state index in [0.29, 0.717) is 30.2 Å². The maximum absolute atomic E-state index is 11.7. The molecule has 0 bridgehead atoms. The highest BCUT2D eigenvalue weighted by atomic mass is 35.5. The Morgan fingerprint density at radius 1 is 1.26 bits per heavy atom. The summed E-state index contributed by atoms with van der Waals surface area (Å²) in [5, 5.41) is 3.28. The average molecular weight is 394 g/mol. The van der Waals surface area contributed by atoms with Crippen LogP contribution in [0.2, 0.25) is 5.15 Å². The van der Waals surface area contributed by atoms with Crippen LogP contribution < -0.4 is 10.1 Å². The van der Waals surface area contributed by atoms with Crippen LogP contribution in [0.25, 0.3) is 0 Å². The van der Waals surface area contributed by atoms with Gasteiger partial charge in [-0.15, -0.1) is 0 Å². The molecule has 27 heavy (non-hydrogen) atoms. The fourth-order valence-corrected chi connectivity index (χ4v) is 2.46. The fraction of sp³-hybridized carbons (Fsp3) is 0.571. The summed E-state index contributed by atoms with van der Waals surface area (Å²) in [6.45, 7) is 7.44. The molecule has 1 N–H and O–H groups in total. The molecule has 0 saturated carbocycles. The van der Waals surface area contributed by atoms with Crippen molar-refractivity contribution in [2.75, 3.05) is 13.2 Å². The highest BCUT2D eigenvalue weighted by Gasteiger charge is 1.99.